The molecule has 0 fully saturated rings. The van der Waals surface area contributed by atoms with Gasteiger partial charge in [-0.2, -0.15) is 0 Å². The van der Waals surface area contributed by atoms with E-state index in [1.807, 2.05) is 14.0 Å². The molecule has 0 aromatic carbocycles. The zero-order valence-electron chi connectivity index (χ0n) is 5.39. The maximum atomic E-state index is 12.3. The fourth-order valence-corrected chi connectivity index (χ4v) is 0.670. The predicted molar refractivity (Wildman–Crippen MR) is 37.5 cm³/mol. The molecule has 1 nitrogen and oxygen atoms in total. The Labute approximate surface area is 52.5 Å². The average Bonchev–Trinajstić information content (AvgIpc) is 1.65. The summed E-state index contributed by atoms with van der Waals surface area (Å²) in [7, 11) is 4.26. The lowest BCUT2D eigenvalue weighted by molar-refractivity contribution is 0.282. The maximum Gasteiger partial charge on any atom is 0.113 e. The molecule has 0 radical (unpaired) electrons. The van der Waals surface area contributed by atoms with Crippen LogP contribution < -0.4 is 0 Å². The van der Waals surface area contributed by atoms with Crippen molar-refractivity contribution in [3.8, 4) is 0 Å². The van der Waals surface area contributed by atoms with Crippen LogP contribution in [0, 0.1) is 0 Å². The molecule has 0 aliphatic rings. The summed E-state index contributed by atoms with van der Waals surface area (Å²) in [5, 5.41) is 0. The van der Waals surface area contributed by atoms with Crippen LogP contribution in [0.5, 0.6) is 0 Å². The first-order valence-electron chi connectivity index (χ1n) is 2.76. The van der Waals surface area contributed by atoms with Gasteiger partial charge in [0.05, 0.1) is 0 Å². The summed E-state index contributed by atoms with van der Waals surface area (Å²) < 4.78 is 14.1. The minimum absolute atomic E-state index is 0.515. The van der Waals surface area contributed by atoms with Crippen molar-refractivity contribution in [1.82, 2.24) is 4.67 Å². The third kappa shape index (κ3) is 4.48. The van der Waals surface area contributed by atoms with Crippen LogP contribution in [0.1, 0.15) is 13.3 Å². The second kappa shape index (κ2) is 4.22. The largest absolute Gasteiger partial charge is 0.288 e. The van der Waals surface area contributed by atoms with Crippen molar-refractivity contribution in [2.75, 3.05) is 13.6 Å². The van der Waals surface area contributed by atoms with Gasteiger partial charge in [0, 0.05) is 6.54 Å². The molecule has 0 saturated heterocycles. The second-order valence-corrected chi connectivity index (χ2v) is 2.83. The van der Waals surface area contributed by atoms with Crippen molar-refractivity contribution in [2.45, 2.75) is 19.5 Å². The van der Waals surface area contributed by atoms with E-state index < -0.39 is 6.17 Å². The zero-order valence-corrected chi connectivity index (χ0v) is 6.55. The normalized spacial score (nSPS) is 14.6. The zero-order chi connectivity index (χ0) is 6.57. The van der Waals surface area contributed by atoms with Crippen LogP contribution in [-0.2, 0) is 0 Å². The number of nitrogens with zero attached hydrogens (tertiary/aromatic N) is 1. The van der Waals surface area contributed by atoms with Gasteiger partial charge < -0.3 is 0 Å². The first-order valence-corrected chi connectivity index (χ1v) is 3.28. The van der Waals surface area contributed by atoms with E-state index in [2.05, 4.69) is 9.39 Å². The van der Waals surface area contributed by atoms with E-state index in [4.69, 9.17) is 0 Å². The molecule has 0 aromatic rings. The van der Waals surface area contributed by atoms with Crippen molar-refractivity contribution in [2.24, 2.45) is 0 Å². The Morgan fingerprint density at radius 1 is 1.75 bits per heavy atom. The molecular weight excluding hydrogens is 124 g/mol. The Morgan fingerprint density at radius 3 is 2.38 bits per heavy atom. The highest BCUT2D eigenvalue weighted by Gasteiger charge is 2.02. The third-order valence-electron chi connectivity index (χ3n) is 0.929. The number of hydrogen-bond acceptors (Lipinski definition) is 1. The van der Waals surface area contributed by atoms with Gasteiger partial charge in [0.25, 0.3) is 0 Å². The number of hydrogen-bond donors (Lipinski definition) is 0. The summed E-state index contributed by atoms with van der Waals surface area (Å²) in [6, 6.07) is 0. The van der Waals surface area contributed by atoms with Crippen LogP contribution in [0.4, 0.5) is 4.39 Å². The molecule has 0 aliphatic heterocycles. The quantitative estimate of drug-likeness (QED) is 0.532. The molecule has 0 spiro atoms. The summed E-state index contributed by atoms with van der Waals surface area (Å²) in [5.74, 6) is 0. The van der Waals surface area contributed by atoms with Gasteiger partial charge >= 0.3 is 0 Å². The van der Waals surface area contributed by atoms with Gasteiger partial charge in [-0.15, -0.1) is 0 Å². The molecule has 0 rings (SSSR count). The molecule has 0 N–H and O–H groups in total. The Bertz CT molecular complexity index is 58.4. The van der Waals surface area contributed by atoms with Crippen molar-refractivity contribution >= 4 is 9.39 Å². The van der Waals surface area contributed by atoms with Crippen molar-refractivity contribution in [3.63, 3.8) is 0 Å². The summed E-state index contributed by atoms with van der Waals surface area (Å²) >= 11 is 0. The molecule has 0 saturated carbocycles. The van der Waals surface area contributed by atoms with Gasteiger partial charge in [-0.3, -0.25) is 4.67 Å². The van der Waals surface area contributed by atoms with Crippen LogP contribution in [0.25, 0.3) is 0 Å². The molecule has 2 atom stereocenters. The lowest BCUT2D eigenvalue weighted by Crippen LogP contribution is -2.16. The smallest absolute Gasteiger partial charge is 0.113 e. The van der Waals surface area contributed by atoms with Crippen LogP contribution in [0.3, 0.4) is 0 Å². The summed E-state index contributed by atoms with van der Waals surface area (Å²) in [5.41, 5.74) is 0. The standard InChI is InChI=1S/C5H13FNP/c1-3-5(6)4-7(2)8/h5H,3-4,8H2,1-2H3. The summed E-state index contributed by atoms with van der Waals surface area (Å²) in [6.45, 7) is 2.36. The van der Waals surface area contributed by atoms with Crippen molar-refractivity contribution in [3.05, 3.63) is 0 Å². The Kier molecular flexibility index (Phi) is 4.39. The molecule has 8 heavy (non-hydrogen) atoms. The monoisotopic (exact) mass is 137 g/mol. The number of halogens is 1. The van der Waals surface area contributed by atoms with Crippen LogP contribution >= 0.6 is 9.39 Å². The first kappa shape index (κ1) is 8.32. The van der Waals surface area contributed by atoms with Crippen LogP contribution in [0.15, 0.2) is 0 Å². The van der Waals surface area contributed by atoms with Crippen LogP contribution in [0.2, 0.25) is 0 Å². The highest BCUT2D eigenvalue weighted by molar-refractivity contribution is 7.13. The van der Waals surface area contributed by atoms with Gasteiger partial charge in [0.1, 0.15) is 6.17 Å². The molecule has 3 heteroatoms. The van der Waals surface area contributed by atoms with E-state index in [9.17, 15) is 4.39 Å². The maximum absolute atomic E-state index is 12.3. The van der Waals surface area contributed by atoms with E-state index in [1.54, 1.807) is 4.67 Å². The molecule has 50 valence electrons. The average molecular weight is 137 g/mol. The molecular formula is C5H13FNP. The number of alkyl halides is 1. The SMILES string of the molecule is CCC(F)CN(C)P. The summed E-state index contributed by atoms with van der Waals surface area (Å²) in [4.78, 5) is 0. The third-order valence-corrected chi connectivity index (χ3v) is 1.14. The van der Waals surface area contributed by atoms with Crippen molar-refractivity contribution in [1.29, 1.82) is 0 Å². The van der Waals surface area contributed by atoms with Gasteiger partial charge in [-0.05, 0) is 13.5 Å². The van der Waals surface area contributed by atoms with E-state index in [0.717, 1.165) is 0 Å². The van der Waals surface area contributed by atoms with E-state index in [0.29, 0.717) is 13.0 Å². The fraction of sp³-hybridized carbons (Fsp3) is 1.00. The topological polar surface area (TPSA) is 3.24 Å². The first-order chi connectivity index (χ1) is 3.66. The minimum atomic E-state index is -0.669. The molecule has 0 bridgehead atoms. The minimum Gasteiger partial charge on any atom is -0.288 e. The highest BCUT2D eigenvalue weighted by Crippen LogP contribution is 2.01. The Morgan fingerprint density at radius 2 is 2.25 bits per heavy atom. The lowest BCUT2D eigenvalue weighted by atomic mass is 10.3. The van der Waals surface area contributed by atoms with E-state index in [-0.39, 0.29) is 0 Å². The van der Waals surface area contributed by atoms with Crippen LogP contribution in [-0.4, -0.2) is 24.4 Å². The van der Waals surface area contributed by atoms with Gasteiger partial charge in [0.2, 0.25) is 0 Å². The number of rotatable bonds is 3. The second-order valence-electron chi connectivity index (χ2n) is 1.95. The fourth-order valence-electron chi connectivity index (χ4n) is 0.442. The summed E-state index contributed by atoms with van der Waals surface area (Å²) in [6.07, 6.45) is -0.0591. The van der Waals surface area contributed by atoms with Gasteiger partial charge in [0.15, 0.2) is 0 Å². The highest BCUT2D eigenvalue weighted by atomic mass is 31.0. The molecule has 0 heterocycles. The van der Waals surface area contributed by atoms with Gasteiger partial charge in [-0.25, -0.2) is 4.39 Å². The molecule has 0 amide bonds. The Hall–Kier alpha value is 0.320. The van der Waals surface area contributed by atoms with E-state index >= 15 is 0 Å². The molecule has 2 unspecified atom stereocenters. The van der Waals surface area contributed by atoms with Gasteiger partial charge in [-0.1, -0.05) is 16.3 Å². The lowest BCUT2D eigenvalue weighted by Gasteiger charge is -2.10. The van der Waals surface area contributed by atoms with Crippen molar-refractivity contribution < 1.29 is 4.39 Å². The predicted octanol–water partition coefficient (Wildman–Crippen LogP) is 1.46. The Balaban J connectivity index is 3.10. The molecule has 0 aromatic heterocycles. The van der Waals surface area contributed by atoms with E-state index in [1.165, 1.54) is 0 Å². The molecule has 0 aliphatic carbocycles.